The van der Waals surface area contributed by atoms with Crippen LogP contribution in [0.1, 0.15) is 23.2 Å². The quantitative estimate of drug-likeness (QED) is 0.799. The van der Waals surface area contributed by atoms with Gasteiger partial charge in [-0.3, -0.25) is 9.69 Å². The van der Waals surface area contributed by atoms with Gasteiger partial charge in [-0.05, 0) is 48.4 Å². The number of hydrogen-bond donors (Lipinski definition) is 1. The SMILES string of the molecule is COc1ccccc1-c1ccc(C(=O)N2C[C@H]3C[C@@H](N4CCOCC4)[C@H](O)C[C@H]3C2)cc1. The maximum Gasteiger partial charge on any atom is 0.253 e. The fourth-order valence-corrected chi connectivity index (χ4v) is 5.73. The lowest BCUT2D eigenvalue weighted by Crippen LogP contribution is -2.53. The summed E-state index contributed by atoms with van der Waals surface area (Å²) in [7, 11) is 1.67. The van der Waals surface area contributed by atoms with E-state index in [2.05, 4.69) is 4.90 Å². The van der Waals surface area contributed by atoms with Gasteiger partial charge in [-0.25, -0.2) is 0 Å². The first-order valence-electron chi connectivity index (χ1n) is 11.7. The number of aliphatic hydroxyl groups is 1. The molecule has 0 spiro atoms. The Hall–Kier alpha value is -2.41. The van der Waals surface area contributed by atoms with Crippen molar-refractivity contribution >= 4 is 5.91 Å². The lowest BCUT2D eigenvalue weighted by atomic mass is 9.77. The third-order valence-electron chi connectivity index (χ3n) is 7.46. The van der Waals surface area contributed by atoms with E-state index in [1.807, 2.05) is 53.4 Å². The van der Waals surface area contributed by atoms with Crippen molar-refractivity contribution in [1.29, 1.82) is 0 Å². The second-order valence-electron chi connectivity index (χ2n) is 9.26. The third-order valence-corrected chi connectivity index (χ3v) is 7.46. The topological polar surface area (TPSA) is 62.2 Å². The summed E-state index contributed by atoms with van der Waals surface area (Å²) in [5, 5.41) is 10.8. The van der Waals surface area contributed by atoms with Gasteiger partial charge in [0.2, 0.25) is 0 Å². The van der Waals surface area contributed by atoms with E-state index in [-0.39, 0.29) is 18.1 Å². The van der Waals surface area contributed by atoms with Gasteiger partial charge < -0.3 is 19.5 Å². The van der Waals surface area contributed by atoms with E-state index in [4.69, 9.17) is 9.47 Å². The molecular weight excluding hydrogens is 404 g/mol. The van der Waals surface area contributed by atoms with E-state index in [0.29, 0.717) is 17.4 Å². The van der Waals surface area contributed by atoms with Crippen LogP contribution in [0.15, 0.2) is 48.5 Å². The van der Waals surface area contributed by atoms with Crippen LogP contribution in [0.2, 0.25) is 0 Å². The van der Waals surface area contributed by atoms with E-state index in [0.717, 1.165) is 69.1 Å². The number of amides is 1. The number of nitrogens with zero attached hydrogens (tertiary/aromatic N) is 2. The molecule has 1 N–H and O–H groups in total. The summed E-state index contributed by atoms with van der Waals surface area (Å²) < 4.78 is 10.9. The normalized spacial score (nSPS) is 28.4. The van der Waals surface area contributed by atoms with Gasteiger partial charge in [-0.2, -0.15) is 0 Å². The molecular formula is C26H32N2O4. The monoisotopic (exact) mass is 436 g/mol. The van der Waals surface area contributed by atoms with Crippen molar-refractivity contribution in [2.24, 2.45) is 11.8 Å². The first-order valence-corrected chi connectivity index (χ1v) is 11.7. The molecule has 1 aliphatic carbocycles. The van der Waals surface area contributed by atoms with Crippen molar-refractivity contribution in [2.45, 2.75) is 25.0 Å². The van der Waals surface area contributed by atoms with E-state index >= 15 is 0 Å². The van der Waals surface area contributed by atoms with Gasteiger partial charge >= 0.3 is 0 Å². The zero-order valence-electron chi connectivity index (χ0n) is 18.7. The van der Waals surface area contributed by atoms with Crippen molar-refractivity contribution in [3.8, 4) is 16.9 Å². The van der Waals surface area contributed by atoms with Crippen molar-refractivity contribution in [3.63, 3.8) is 0 Å². The molecule has 3 fully saturated rings. The molecule has 170 valence electrons. The Labute approximate surface area is 189 Å². The zero-order chi connectivity index (χ0) is 22.1. The summed E-state index contributed by atoms with van der Waals surface area (Å²) in [6, 6.07) is 15.9. The molecule has 2 aliphatic heterocycles. The summed E-state index contributed by atoms with van der Waals surface area (Å²) in [4.78, 5) is 17.6. The summed E-state index contributed by atoms with van der Waals surface area (Å²) in [6.45, 7) is 4.79. The maximum atomic E-state index is 13.2. The smallest absolute Gasteiger partial charge is 0.253 e. The predicted molar refractivity (Wildman–Crippen MR) is 123 cm³/mol. The number of ether oxygens (including phenoxy) is 2. The first-order chi connectivity index (χ1) is 15.6. The number of benzene rings is 2. The standard InChI is InChI=1S/C26H32N2O4/c1-31-25-5-3-2-4-22(25)18-6-8-19(9-7-18)26(30)28-16-20-14-23(24(29)15-21(20)17-28)27-10-12-32-13-11-27/h2-9,20-21,23-24,29H,10-17H2,1H3/t20-,21+,23-,24-/m1/s1. The number of morpholine rings is 1. The lowest BCUT2D eigenvalue weighted by molar-refractivity contribution is -0.0520. The minimum Gasteiger partial charge on any atom is -0.496 e. The molecule has 32 heavy (non-hydrogen) atoms. The fourth-order valence-electron chi connectivity index (χ4n) is 5.73. The molecule has 1 amide bonds. The van der Waals surface area contributed by atoms with Crippen molar-refractivity contribution in [3.05, 3.63) is 54.1 Å². The largest absolute Gasteiger partial charge is 0.496 e. The van der Waals surface area contributed by atoms with Gasteiger partial charge in [0.25, 0.3) is 5.91 Å². The number of methoxy groups -OCH3 is 1. The minimum absolute atomic E-state index is 0.0865. The van der Waals surface area contributed by atoms with E-state index in [1.165, 1.54) is 0 Å². The van der Waals surface area contributed by atoms with Crippen LogP contribution < -0.4 is 4.74 Å². The Bertz CT molecular complexity index is 941. The number of carbonyl (C=O) groups excluding carboxylic acids is 1. The molecule has 6 nitrogen and oxygen atoms in total. The molecule has 5 rings (SSSR count). The Morgan fingerprint density at radius 2 is 1.69 bits per heavy atom. The van der Waals surface area contributed by atoms with Crippen LogP contribution in [0.3, 0.4) is 0 Å². The number of carbonyl (C=O) groups is 1. The van der Waals surface area contributed by atoms with E-state index in [9.17, 15) is 9.90 Å². The Morgan fingerprint density at radius 1 is 1.00 bits per heavy atom. The summed E-state index contributed by atoms with van der Waals surface area (Å²) in [5.74, 6) is 1.76. The van der Waals surface area contributed by atoms with E-state index in [1.54, 1.807) is 7.11 Å². The number of fused-ring (bicyclic) bond motifs is 1. The lowest BCUT2D eigenvalue weighted by Gasteiger charge is -2.43. The van der Waals surface area contributed by atoms with Gasteiger partial charge in [-0.15, -0.1) is 0 Å². The molecule has 0 aromatic heterocycles. The highest BCUT2D eigenvalue weighted by Crippen LogP contribution is 2.39. The van der Waals surface area contributed by atoms with Crippen LogP contribution in [0.25, 0.3) is 11.1 Å². The zero-order valence-corrected chi connectivity index (χ0v) is 18.7. The number of hydrogen-bond acceptors (Lipinski definition) is 5. The van der Waals surface area contributed by atoms with Crippen LogP contribution in [0.5, 0.6) is 5.75 Å². The van der Waals surface area contributed by atoms with Crippen molar-refractivity contribution in [2.75, 3.05) is 46.5 Å². The average molecular weight is 437 g/mol. The number of aliphatic hydroxyl groups excluding tert-OH is 1. The van der Waals surface area contributed by atoms with Gasteiger partial charge in [0.05, 0.1) is 26.4 Å². The second kappa shape index (κ2) is 9.22. The Balaban J connectivity index is 1.26. The highest BCUT2D eigenvalue weighted by molar-refractivity contribution is 5.95. The molecule has 4 atom stereocenters. The van der Waals surface area contributed by atoms with E-state index < -0.39 is 0 Å². The highest BCUT2D eigenvalue weighted by Gasteiger charge is 2.44. The Kier molecular flexibility index (Phi) is 6.17. The molecule has 0 radical (unpaired) electrons. The second-order valence-corrected chi connectivity index (χ2v) is 9.26. The molecule has 2 saturated heterocycles. The van der Waals surface area contributed by atoms with Crippen LogP contribution in [0, 0.1) is 11.8 Å². The van der Waals surface area contributed by atoms with Crippen LogP contribution >= 0.6 is 0 Å². The third kappa shape index (κ3) is 4.15. The minimum atomic E-state index is -0.315. The van der Waals surface area contributed by atoms with Crippen molar-refractivity contribution in [1.82, 2.24) is 9.80 Å². The Morgan fingerprint density at radius 3 is 2.41 bits per heavy atom. The number of rotatable bonds is 4. The molecule has 2 aromatic rings. The molecule has 0 unspecified atom stereocenters. The van der Waals surface area contributed by atoms with Gasteiger partial charge in [0.1, 0.15) is 5.75 Å². The summed E-state index contributed by atoms with van der Waals surface area (Å²) in [6.07, 6.45) is 1.43. The van der Waals surface area contributed by atoms with Crippen molar-refractivity contribution < 1.29 is 19.4 Å². The fraction of sp³-hybridized carbons (Fsp3) is 0.500. The molecule has 0 bridgehead atoms. The maximum absolute atomic E-state index is 13.2. The molecule has 2 aromatic carbocycles. The number of likely N-dealkylation sites (tertiary alicyclic amines) is 1. The van der Waals surface area contributed by atoms with Gasteiger partial charge in [-0.1, -0.05) is 30.3 Å². The first kappa shape index (κ1) is 21.4. The van der Waals surface area contributed by atoms with Gasteiger partial charge in [0.15, 0.2) is 0 Å². The molecule has 3 aliphatic rings. The molecule has 6 heteroatoms. The summed E-state index contributed by atoms with van der Waals surface area (Å²) >= 11 is 0. The molecule has 2 heterocycles. The van der Waals surface area contributed by atoms with Crippen LogP contribution in [0.4, 0.5) is 0 Å². The number of para-hydroxylation sites is 1. The van der Waals surface area contributed by atoms with Crippen LogP contribution in [-0.4, -0.2) is 79.5 Å². The highest BCUT2D eigenvalue weighted by atomic mass is 16.5. The van der Waals surface area contributed by atoms with Gasteiger partial charge in [0, 0.05) is 43.3 Å². The average Bonchev–Trinajstić information content (AvgIpc) is 3.26. The summed E-state index contributed by atoms with van der Waals surface area (Å²) in [5.41, 5.74) is 2.77. The molecule has 1 saturated carbocycles. The predicted octanol–water partition coefficient (Wildman–Crippen LogP) is 2.91. The van der Waals surface area contributed by atoms with Crippen LogP contribution in [-0.2, 0) is 4.74 Å².